The molecule has 1 saturated carbocycles. The van der Waals surface area contributed by atoms with Gasteiger partial charge in [0.25, 0.3) is 0 Å². The van der Waals surface area contributed by atoms with E-state index in [4.69, 9.17) is 18.9 Å². The van der Waals surface area contributed by atoms with E-state index in [1.807, 2.05) is 0 Å². The average molecular weight is 520 g/mol. The van der Waals surface area contributed by atoms with E-state index in [1.54, 1.807) is 4.90 Å². The number of rotatable bonds is 10. The average Bonchev–Trinajstić information content (AvgIpc) is 3.74. The van der Waals surface area contributed by atoms with Gasteiger partial charge >= 0.3 is 6.09 Å². The van der Waals surface area contributed by atoms with Gasteiger partial charge in [-0.25, -0.2) is 4.79 Å². The molecule has 0 aromatic heterocycles. The molecule has 5 aliphatic rings. The maximum atomic E-state index is 12.6. The van der Waals surface area contributed by atoms with Crippen LogP contribution in [0.2, 0.25) is 0 Å². The van der Waals surface area contributed by atoms with Crippen LogP contribution in [-0.4, -0.2) is 104 Å². The Balaban J connectivity index is 0.922. The lowest BCUT2D eigenvalue weighted by molar-refractivity contribution is -0.121. The van der Waals surface area contributed by atoms with Crippen molar-refractivity contribution in [2.45, 2.75) is 95.2 Å². The highest BCUT2D eigenvalue weighted by atomic mass is 16.7. The minimum Gasteiger partial charge on any atom is -0.446 e. The summed E-state index contributed by atoms with van der Waals surface area (Å²) in [5.74, 6) is 0.478. The third-order valence-corrected chi connectivity index (χ3v) is 8.91. The lowest BCUT2D eigenvalue weighted by atomic mass is 9.80. The quantitative estimate of drug-likeness (QED) is 0.350. The van der Waals surface area contributed by atoms with Crippen LogP contribution in [0, 0.1) is 5.92 Å². The molecule has 5 rings (SSSR count). The van der Waals surface area contributed by atoms with Crippen molar-refractivity contribution >= 4 is 12.0 Å². The number of nitrogens with zero attached hydrogens (tertiary/aromatic N) is 2. The zero-order valence-corrected chi connectivity index (χ0v) is 22.8. The number of allylic oxidation sites excluding steroid dienone is 1. The van der Waals surface area contributed by atoms with Gasteiger partial charge < -0.3 is 29.2 Å². The third kappa shape index (κ3) is 6.49. The van der Waals surface area contributed by atoms with Crippen LogP contribution in [0.25, 0.3) is 0 Å². The van der Waals surface area contributed by atoms with Crippen molar-refractivity contribution in [2.75, 3.05) is 52.5 Å². The molecule has 0 aromatic carbocycles. The number of amides is 2. The van der Waals surface area contributed by atoms with Crippen LogP contribution in [0.1, 0.15) is 65.7 Å². The van der Waals surface area contributed by atoms with E-state index in [2.05, 4.69) is 37.1 Å². The number of ether oxygens (including phenoxy) is 4. The fourth-order valence-corrected chi connectivity index (χ4v) is 6.27. The monoisotopic (exact) mass is 519 g/mol. The fourth-order valence-electron chi connectivity index (χ4n) is 6.27. The van der Waals surface area contributed by atoms with Gasteiger partial charge in [-0.3, -0.25) is 9.69 Å². The standard InChI is InChI=1S/C28H45N3O6/c1-20(2)4-6-23-27(3,36-23)25-28(37-25)10-8-22(9-11-28)35-26(33)31-18-21(19-31)5-7-24(32)29-12-13-30-14-16-34-17-15-30/h4,21-23,25H,5-19H2,1-3H3,(H,29,32)/t22?,23-,25?,27-,28?/m1/s1. The minimum absolute atomic E-state index is 0.0336. The molecule has 0 bridgehead atoms. The van der Waals surface area contributed by atoms with E-state index >= 15 is 0 Å². The predicted molar refractivity (Wildman–Crippen MR) is 138 cm³/mol. The second-order valence-electron chi connectivity index (χ2n) is 12.1. The molecule has 208 valence electrons. The largest absolute Gasteiger partial charge is 0.446 e. The zero-order chi connectivity index (χ0) is 26.0. The smallest absolute Gasteiger partial charge is 0.410 e. The number of carbonyl (C=O) groups is 2. The maximum absolute atomic E-state index is 12.6. The Morgan fingerprint density at radius 1 is 1.11 bits per heavy atom. The van der Waals surface area contributed by atoms with Crippen LogP contribution in [0.4, 0.5) is 4.79 Å². The molecule has 1 aliphatic carbocycles. The molecule has 9 heteroatoms. The lowest BCUT2D eigenvalue weighted by Crippen LogP contribution is -2.51. The van der Waals surface area contributed by atoms with Gasteiger partial charge in [0.2, 0.25) is 5.91 Å². The normalized spacial score (nSPS) is 35.5. The lowest BCUT2D eigenvalue weighted by Gasteiger charge is -2.39. The van der Waals surface area contributed by atoms with Crippen LogP contribution >= 0.6 is 0 Å². The summed E-state index contributed by atoms with van der Waals surface area (Å²) in [4.78, 5) is 28.8. The topological polar surface area (TPSA) is 96.2 Å². The Morgan fingerprint density at radius 2 is 1.84 bits per heavy atom. The molecular weight excluding hydrogens is 474 g/mol. The van der Waals surface area contributed by atoms with Gasteiger partial charge in [0, 0.05) is 45.7 Å². The highest BCUT2D eigenvalue weighted by molar-refractivity contribution is 5.76. The number of epoxide rings is 2. The van der Waals surface area contributed by atoms with E-state index in [1.165, 1.54) is 5.57 Å². The van der Waals surface area contributed by atoms with Crippen LogP contribution in [-0.2, 0) is 23.7 Å². The van der Waals surface area contributed by atoms with Crippen molar-refractivity contribution in [2.24, 2.45) is 5.92 Å². The van der Waals surface area contributed by atoms with Crippen LogP contribution in [0.3, 0.4) is 0 Å². The second kappa shape index (κ2) is 11.2. The van der Waals surface area contributed by atoms with Crippen LogP contribution in [0.5, 0.6) is 0 Å². The molecule has 1 spiro atoms. The summed E-state index contributed by atoms with van der Waals surface area (Å²) in [6.07, 6.45) is 8.23. The van der Waals surface area contributed by atoms with Gasteiger partial charge in [-0.2, -0.15) is 0 Å². The predicted octanol–water partition coefficient (Wildman–Crippen LogP) is 2.88. The summed E-state index contributed by atoms with van der Waals surface area (Å²) < 4.78 is 23.4. The van der Waals surface area contributed by atoms with Crippen LogP contribution < -0.4 is 5.32 Å². The molecule has 2 amide bonds. The molecule has 37 heavy (non-hydrogen) atoms. The summed E-state index contributed by atoms with van der Waals surface area (Å²) >= 11 is 0. The Hall–Kier alpha value is -1.68. The highest BCUT2D eigenvalue weighted by Crippen LogP contribution is 2.60. The van der Waals surface area contributed by atoms with Crippen molar-refractivity contribution in [1.82, 2.24) is 15.1 Å². The summed E-state index contributed by atoms with van der Waals surface area (Å²) in [7, 11) is 0. The van der Waals surface area contributed by atoms with Gasteiger partial charge in [-0.15, -0.1) is 0 Å². The first-order valence-corrected chi connectivity index (χ1v) is 14.3. The van der Waals surface area contributed by atoms with E-state index in [9.17, 15) is 9.59 Å². The maximum Gasteiger partial charge on any atom is 0.410 e. The van der Waals surface area contributed by atoms with Gasteiger partial charge in [0.05, 0.1) is 24.9 Å². The van der Waals surface area contributed by atoms with Crippen molar-refractivity contribution in [1.29, 1.82) is 0 Å². The summed E-state index contributed by atoms with van der Waals surface area (Å²) in [6.45, 7) is 12.8. The van der Waals surface area contributed by atoms with Gasteiger partial charge in [-0.1, -0.05) is 11.6 Å². The highest BCUT2D eigenvalue weighted by Gasteiger charge is 2.73. The van der Waals surface area contributed by atoms with Gasteiger partial charge in [0.1, 0.15) is 17.8 Å². The minimum atomic E-state index is -0.209. The zero-order valence-electron chi connectivity index (χ0n) is 22.8. The number of nitrogens with one attached hydrogen (secondary N) is 1. The van der Waals surface area contributed by atoms with E-state index < -0.39 is 0 Å². The first kappa shape index (κ1) is 26.9. The van der Waals surface area contributed by atoms with E-state index in [-0.39, 0.29) is 41.5 Å². The number of hydrogen-bond acceptors (Lipinski definition) is 7. The molecule has 5 fully saturated rings. The summed E-state index contributed by atoms with van der Waals surface area (Å²) in [5.41, 5.74) is 1.07. The van der Waals surface area contributed by atoms with Gasteiger partial charge in [0.15, 0.2) is 0 Å². The number of carbonyl (C=O) groups excluding carboxylic acids is 2. The second-order valence-corrected chi connectivity index (χ2v) is 12.1. The molecule has 4 saturated heterocycles. The molecule has 1 N–H and O–H groups in total. The molecule has 4 heterocycles. The van der Waals surface area contributed by atoms with E-state index in [0.717, 1.165) is 71.4 Å². The SMILES string of the molecule is CC(C)=CC[C@H]1O[C@@]1(C)C1OC12CCC(OC(=O)N1CC(CCC(=O)NCCN3CCOCC3)C1)CC2. The molecular formula is C28H45N3O6. The third-order valence-electron chi connectivity index (χ3n) is 8.91. The van der Waals surface area contributed by atoms with Crippen LogP contribution in [0.15, 0.2) is 11.6 Å². The van der Waals surface area contributed by atoms with Gasteiger partial charge in [-0.05, 0) is 65.2 Å². The number of hydrogen-bond donors (Lipinski definition) is 1. The van der Waals surface area contributed by atoms with Crippen molar-refractivity contribution in [3.8, 4) is 0 Å². The Kier molecular flexibility index (Phi) is 8.15. The summed E-state index contributed by atoms with van der Waals surface area (Å²) in [5, 5.41) is 3.02. The Labute approximate surface area is 221 Å². The first-order chi connectivity index (χ1) is 17.8. The molecule has 3 atom stereocenters. The Bertz CT molecular complexity index is 856. The van der Waals surface area contributed by atoms with Crippen molar-refractivity contribution < 1.29 is 28.5 Å². The van der Waals surface area contributed by atoms with Crippen molar-refractivity contribution in [3.05, 3.63) is 11.6 Å². The number of likely N-dealkylation sites (tertiary alicyclic amines) is 1. The van der Waals surface area contributed by atoms with Crippen molar-refractivity contribution in [3.63, 3.8) is 0 Å². The molecule has 0 radical (unpaired) electrons. The first-order valence-electron chi connectivity index (χ1n) is 14.3. The Morgan fingerprint density at radius 3 is 2.54 bits per heavy atom. The fraction of sp³-hybridized carbons (Fsp3) is 0.857. The summed E-state index contributed by atoms with van der Waals surface area (Å²) in [6, 6.07) is 0. The molecule has 4 aliphatic heterocycles. The van der Waals surface area contributed by atoms with E-state index in [0.29, 0.717) is 32.0 Å². The molecule has 0 aromatic rings. The molecule has 9 nitrogen and oxygen atoms in total. The number of morpholine rings is 1. The molecule has 1 unspecified atom stereocenters.